The molecule has 1 fully saturated rings. The van der Waals surface area contributed by atoms with E-state index in [4.69, 9.17) is 4.74 Å². The lowest BCUT2D eigenvalue weighted by atomic mass is 10.0. The molecule has 2 rings (SSSR count). The van der Waals surface area contributed by atoms with Gasteiger partial charge in [-0.1, -0.05) is 15.9 Å². The molecule has 1 unspecified atom stereocenters. The zero-order chi connectivity index (χ0) is 12.5. The number of nitrogens with zero attached hydrogens (tertiary/aromatic N) is 1. The van der Waals surface area contributed by atoms with E-state index in [2.05, 4.69) is 21.2 Å². The van der Waals surface area contributed by atoms with Crippen LogP contribution in [0.15, 0.2) is 22.7 Å². The Kier molecular flexibility index (Phi) is 3.35. The zero-order valence-electron chi connectivity index (χ0n) is 9.40. The first-order valence-electron chi connectivity index (χ1n) is 5.30. The van der Waals surface area contributed by atoms with Gasteiger partial charge in [-0.3, -0.25) is 10.1 Å². The van der Waals surface area contributed by atoms with E-state index < -0.39 is 0 Å². The third-order valence-electron chi connectivity index (χ3n) is 2.81. The van der Waals surface area contributed by atoms with Crippen LogP contribution >= 0.6 is 15.9 Å². The van der Waals surface area contributed by atoms with Crippen LogP contribution in [0.2, 0.25) is 0 Å². The quantitative estimate of drug-likeness (QED) is 0.688. The first-order valence-corrected chi connectivity index (χ1v) is 6.09. The summed E-state index contributed by atoms with van der Waals surface area (Å²) in [7, 11) is 0. The minimum atomic E-state index is -0.383. The lowest BCUT2D eigenvalue weighted by molar-refractivity contribution is -0.384. The van der Waals surface area contributed by atoms with Crippen molar-refractivity contribution in [3.05, 3.63) is 32.8 Å². The summed E-state index contributed by atoms with van der Waals surface area (Å²) in [6.45, 7) is 3.26. The molecule has 0 spiro atoms. The van der Waals surface area contributed by atoms with Crippen LogP contribution in [0, 0.1) is 10.1 Å². The van der Waals surface area contributed by atoms with E-state index in [9.17, 15) is 10.1 Å². The van der Waals surface area contributed by atoms with Crippen LogP contribution in [0.1, 0.15) is 13.3 Å². The molecule has 1 aromatic rings. The molecule has 1 saturated heterocycles. The number of benzene rings is 1. The molecule has 0 saturated carbocycles. The second-order valence-electron chi connectivity index (χ2n) is 4.41. The predicted molar refractivity (Wildman–Crippen MR) is 68.3 cm³/mol. The Morgan fingerprint density at radius 2 is 2.35 bits per heavy atom. The smallest absolute Gasteiger partial charge is 0.293 e. The van der Waals surface area contributed by atoms with Crippen LogP contribution in [0.3, 0.4) is 0 Å². The lowest BCUT2D eigenvalue weighted by Crippen LogP contribution is -2.35. The summed E-state index contributed by atoms with van der Waals surface area (Å²) in [5.41, 5.74) is 0.386. The summed E-state index contributed by atoms with van der Waals surface area (Å²) in [4.78, 5) is 10.6. The molecular formula is C11H13BrN2O3. The SMILES string of the molecule is CC1(Nc2ccc(Br)cc2[N+](=O)[O-])CCOC1. The van der Waals surface area contributed by atoms with Crippen LogP contribution in [0.4, 0.5) is 11.4 Å². The van der Waals surface area contributed by atoms with Gasteiger partial charge in [-0.05, 0) is 25.5 Å². The Bertz CT molecular complexity index is 444. The van der Waals surface area contributed by atoms with Crippen LogP contribution in [0.5, 0.6) is 0 Å². The van der Waals surface area contributed by atoms with Crippen molar-refractivity contribution < 1.29 is 9.66 Å². The Balaban J connectivity index is 2.28. The van der Waals surface area contributed by atoms with Crippen LogP contribution < -0.4 is 5.32 Å². The maximum Gasteiger partial charge on any atom is 0.293 e. The Labute approximate surface area is 107 Å². The zero-order valence-corrected chi connectivity index (χ0v) is 11.0. The fraction of sp³-hybridized carbons (Fsp3) is 0.455. The van der Waals surface area contributed by atoms with Gasteiger partial charge in [0.25, 0.3) is 5.69 Å². The number of hydrogen-bond donors (Lipinski definition) is 1. The lowest BCUT2D eigenvalue weighted by Gasteiger charge is -2.24. The summed E-state index contributed by atoms with van der Waals surface area (Å²) in [6, 6.07) is 5.00. The van der Waals surface area contributed by atoms with Crippen LogP contribution in [-0.2, 0) is 4.74 Å². The largest absolute Gasteiger partial charge is 0.379 e. The molecule has 6 heteroatoms. The molecule has 92 valence electrons. The van der Waals surface area contributed by atoms with Crippen LogP contribution in [0.25, 0.3) is 0 Å². The van der Waals surface area contributed by atoms with Gasteiger partial charge in [-0.25, -0.2) is 0 Å². The van der Waals surface area contributed by atoms with Gasteiger partial charge in [0.1, 0.15) is 5.69 Å². The highest BCUT2D eigenvalue weighted by molar-refractivity contribution is 9.10. The molecule has 1 aromatic carbocycles. The minimum Gasteiger partial charge on any atom is -0.379 e. The van der Waals surface area contributed by atoms with Gasteiger partial charge < -0.3 is 10.1 Å². The van der Waals surface area contributed by atoms with E-state index in [1.54, 1.807) is 12.1 Å². The number of nitro benzene ring substituents is 1. The highest BCUT2D eigenvalue weighted by Crippen LogP contribution is 2.32. The van der Waals surface area contributed by atoms with Crippen molar-refractivity contribution >= 4 is 27.3 Å². The average Bonchev–Trinajstić information content (AvgIpc) is 2.67. The molecular weight excluding hydrogens is 288 g/mol. The Morgan fingerprint density at radius 3 is 2.94 bits per heavy atom. The van der Waals surface area contributed by atoms with Gasteiger partial charge in [0.2, 0.25) is 0 Å². The molecule has 1 aliphatic heterocycles. The van der Waals surface area contributed by atoms with E-state index in [1.165, 1.54) is 6.07 Å². The van der Waals surface area contributed by atoms with Crippen molar-refractivity contribution in [2.45, 2.75) is 18.9 Å². The van der Waals surface area contributed by atoms with Crippen LogP contribution in [-0.4, -0.2) is 23.7 Å². The van der Waals surface area contributed by atoms with E-state index >= 15 is 0 Å². The fourth-order valence-corrected chi connectivity index (χ4v) is 2.20. The van der Waals surface area contributed by atoms with Gasteiger partial charge >= 0.3 is 0 Å². The van der Waals surface area contributed by atoms with E-state index in [0.717, 1.165) is 6.42 Å². The van der Waals surface area contributed by atoms with Gasteiger partial charge in [0, 0.05) is 17.1 Å². The standard InChI is InChI=1S/C11H13BrN2O3/c1-11(4-5-17-7-11)13-9-3-2-8(12)6-10(9)14(15)16/h2-3,6,13H,4-5,7H2,1H3. The molecule has 1 atom stereocenters. The number of ether oxygens (including phenoxy) is 1. The predicted octanol–water partition coefficient (Wildman–Crippen LogP) is 2.95. The van der Waals surface area contributed by atoms with Crippen molar-refractivity contribution in [2.24, 2.45) is 0 Å². The van der Waals surface area contributed by atoms with E-state index in [0.29, 0.717) is 23.4 Å². The second kappa shape index (κ2) is 4.62. The van der Waals surface area contributed by atoms with E-state index in [-0.39, 0.29) is 16.1 Å². The summed E-state index contributed by atoms with van der Waals surface area (Å²) < 4.78 is 6.01. The molecule has 1 N–H and O–H groups in total. The molecule has 0 amide bonds. The number of nitrogens with one attached hydrogen (secondary N) is 1. The third kappa shape index (κ3) is 2.76. The highest BCUT2D eigenvalue weighted by atomic mass is 79.9. The second-order valence-corrected chi connectivity index (χ2v) is 5.32. The maximum atomic E-state index is 11.0. The van der Waals surface area contributed by atoms with Crippen molar-refractivity contribution in [1.82, 2.24) is 0 Å². The van der Waals surface area contributed by atoms with Crippen molar-refractivity contribution in [2.75, 3.05) is 18.5 Å². The number of hydrogen-bond acceptors (Lipinski definition) is 4. The van der Waals surface area contributed by atoms with Gasteiger partial charge in [-0.2, -0.15) is 0 Å². The summed E-state index contributed by atoms with van der Waals surface area (Å²) >= 11 is 3.23. The minimum absolute atomic E-state index is 0.0764. The average molecular weight is 301 g/mol. The highest BCUT2D eigenvalue weighted by Gasteiger charge is 2.31. The van der Waals surface area contributed by atoms with Gasteiger partial charge in [-0.15, -0.1) is 0 Å². The molecule has 17 heavy (non-hydrogen) atoms. The number of rotatable bonds is 3. The summed E-state index contributed by atoms with van der Waals surface area (Å²) in [5.74, 6) is 0. The Morgan fingerprint density at radius 1 is 1.59 bits per heavy atom. The van der Waals surface area contributed by atoms with Crippen molar-refractivity contribution in [3.8, 4) is 0 Å². The normalized spacial score (nSPS) is 23.6. The van der Waals surface area contributed by atoms with Crippen molar-refractivity contribution in [3.63, 3.8) is 0 Å². The molecule has 0 aliphatic carbocycles. The van der Waals surface area contributed by atoms with Gasteiger partial charge in [0.15, 0.2) is 0 Å². The molecule has 0 radical (unpaired) electrons. The molecule has 5 nitrogen and oxygen atoms in total. The third-order valence-corrected chi connectivity index (χ3v) is 3.30. The first-order chi connectivity index (χ1) is 8.00. The molecule has 0 bridgehead atoms. The molecule has 1 heterocycles. The maximum absolute atomic E-state index is 11.0. The topological polar surface area (TPSA) is 64.4 Å². The van der Waals surface area contributed by atoms with Gasteiger partial charge in [0.05, 0.1) is 17.1 Å². The number of anilines is 1. The first kappa shape index (κ1) is 12.3. The molecule has 1 aliphatic rings. The number of halogens is 1. The van der Waals surface area contributed by atoms with E-state index in [1.807, 2.05) is 6.92 Å². The summed E-state index contributed by atoms with van der Waals surface area (Å²) in [5, 5.41) is 14.2. The fourth-order valence-electron chi connectivity index (χ4n) is 1.85. The Hall–Kier alpha value is -1.14. The number of nitro groups is 1. The molecule has 0 aromatic heterocycles. The van der Waals surface area contributed by atoms with Crippen molar-refractivity contribution in [1.29, 1.82) is 0 Å². The summed E-state index contributed by atoms with van der Waals surface area (Å²) in [6.07, 6.45) is 0.847. The monoisotopic (exact) mass is 300 g/mol.